The maximum Gasteiger partial charge on any atom is 0.326 e. The largest absolute Gasteiger partial charge is 0.457 e. The number of esters is 1. The summed E-state index contributed by atoms with van der Waals surface area (Å²) in [4.78, 5) is 15.9. The number of thioether (sulfide) groups is 1. The van der Waals surface area contributed by atoms with Gasteiger partial charge >= 0.3 is 5.97 Å². The van der Waals surface area contributed by atoms with Gasteiger partial charge in [0.15, 0.2) is 0 Å². The van der Waals surface area contributed by atoms with E-state index in [1.165, 1.54) is 0 Å². The second-order valence-corrected chi connectivity index (χ2v) is 7.03. The van der Waals surface area contributed by atoms with Crippen LogP contribution in [0.5, 0.6) is 0 Å². The van der Waals surface area contributed by atoms with Crippen LogP contribution < -0.4 is 5.73 Å². The molecule has 3 atom stereocenters. The van der Waals surface area contributed by atoms with Gasteiger partial charge in [-0.1, -0.05) is 42.1 Å². The van der Waals surface area contributed by atoms with Crippen molar-refractivity contribution < 1.29 is 14.3 Å². The van der Waals surface area contributed by atoms with Gasteiger partial charge in [0.05, 0.1) is 6.61 Å². The van der Waals surface area contributed by atoms with E-state index in [0.29, 0.717) is 12.4 Å². The molecule has 1 aromatic heterocycles. The van der Waals surface area contributed by atoms with Gasteiger partial charge in [-0.2, -0.15) is 0 Å². The Kier molecular flexibility index (Phi) is 5.09. The van der Waals surface area contributed by atoms with Crippen molar-refractivity contribution >= 4 is 29.1 Å². The molecule has 0 radical (unpaired) electrons. The van der Waals surface area contributed by atoms with E-state index in [4.69, 9.17) is 15.2 Å². The highest BCUT2D eigenvalue weighted by Gasteiger charge is 2.43. The predicted octanol–water partition coefficient (Wildman–Crippen LogP) is 2.07. The highest BCUT2D eigenvalue weighted by atomic mass is 32.2. The fourth-order valence-corrected chi connectivity index (χ4v) is 3.90. The van der Waals surface area contributed by atoms with Crippen molar-refractivity contribution in [1.29, 1.82) is 0 Å². The summed E-state index contributed by atoms with van der Waals surface area (Å²) >= 11 is 3.11. The number of cyclic esters (lactones) is 1. The van der Waals surface area contributed by atoms with Gasteiger partial charge in [0.2, 0.25) is 0 Å². The lowest BCUT2D eigenvalue weighted by atomic mass is 10.1. The lowest BCUT2D eigenvalue weighted by Gasteiger charge is -2.19. The Bertz CT molecular complexity index is 607. The third kappa shape index (κ3) is 3.67. The van der Waals surface area contributed by atoms with Gasteiger partial charge in [0.25, 0.3) is 0 Å². The number of hydrogen-bond donors (Lipinski definition) is 1. The zero-order chi connectivity index (χ0) is 15.4. The molecule has 0 amide bonds. The standard InChI is InChI=1S/C15H16N2O3S2/c16-12-13(19-8-10-4-2-1-3-5-10)11(20-14(12)18)9-22-15-17-6-7-21-15/h1-7,11-13H,8-9,16H2. The minimum absolute atomic E-state index is 0.347. The zero-order valence-corrected chi connectivity index (χ0v) is 13.4. The monoisotopic (exact) mass is 336 g/mol. The van der Waals surface area contributed by atoms with Gasteiger partial charge in [-0.05, 0) is 5.56 Å². The molecule has 1 aliphatic heterocycles. The molecule has 0 spiro atoms. The molecule has 3 rings (SSSR count). The quantitative estimate of drug-likeness (QED) is 0.643. The number of nitrogens with zero attached hydrogens (tertiary/aromatic N) is 1. The fourth-order valence-electron chi connectivity index (χ4n) is 2.20. The molecule has 22 heavy (non-hydrogen) atoms. The Balaban J connectivity index is 1.59. The van der Waals surface area contributed by atoms with E-state index in [1.807, 2.05) is 35.7 Å². The van der Waals surface area contributed by atoms with E-state index in [-0.39, 0.29) is 6.10 Å². The van der Waals surface area contributed by atoms with Gasteiger partial charge in [-0.25, -0.2) is 4.98 Å². The topological polar surface area (TPSA) is 74.4 Å². The molecular weight excluding hydrogens is 320 g/mol. The zero-order valence-electron chi connectivity index (χ0n) is 11.8. The molecule has 2 aromatic rings. The van der Waals surface area contributed by atoms with E-state index in [2.05, 4.69) is 4.98 Å². The Morgan fingerprint density at radius 3 is 2.91 bits per heavy atom. The fraction of sp³-hybridized carbons (Fsp3) is 0.333. The summed E-state index contributed by atoms with van der Waals surface area (Å²) < 4.78 is 12.1. The number of benzene rings is 1. The van der Waals surface area contributed by atoms with Gasteiger partial charge < -0.3 is 15.2 Å². The summed E-state index contributed by atoms with van der Waals surface area (Å²) in [6.45, 7) is 0.411. The Morgan fingerprint density at radius 1 is 1.36 bits per heavy atom. The van der Waals surface area contributed by atoms with E-state index < -0.39 is 18.1 Å². The number of hydrogen-bond acceptors (Lipinski definition) is 7. The number of carbonyl (C=O) groups is 1. The normalized spacial score (nSPS) is 24.4. The van der Waals surface area contributed by atoms with Crippen LogP contribution in [-0.4, -0.2) is 35.0 Å². The number of thiazole rings is 1. The molecular formula is C15H16N2O3S2. The molecule has 1 aliphatic rings. The third-order valence-electron chi connectivity index (χ3n) is 3.33. The van der Waals surface area contributed by atoms with Crippen molar-refractivity contribution in [2.24, 2.45) is 5.73 Å². The average Bonchev–Trinajstić information content (AvgIpc) is 3.14. The number of carbonyl (C=O) groups excluding carboxylic acids is 1. The summed E-state index contributed by atoms with van der Waals surface area (Å²) in [5, 5.41) is 1.91. The van der Waals surface area contributed by atoms with Crippen molar-refractivity contribution in [1.82, 2.24) is 4.98 Å². The van der Waals surface area contributed by atoms with Crippen LogP contribution >= 0.6 is 23.1 Å². The van der Waals surface area contributed by atoms with E-state index in [1.54, 1.807) is 29.3 Å². The molecule has 3 unspecified atom stereocenters. The lowest BCUT2D eigenvalue weighted by Crippen LogP contribution is -2.41. The van der Waals surface area contributed by atoms with Crippen molar-refractivity contribution in [2.45, 2.75) is 29.2 Å². The second-order valence-electron chi connectivity index (χ2n) is 4.87. The molecule has 116 valence electrons. The van der Waals surface area contributed by atoms with E-state index in [0.717, 1.165) is 9.90 Å². The molecule has 7 heteroatoms. The van der Waals surface area contributed by atoms with E-state index in [9.17, 15) is 4.79 Å². The molecule has 0 bridgehead atoms. The highest BCUT2D eigenvalue weighted by molar-refractivity contribution is 8.01. The number of aromatic nitrogens is 1. The summed E-state index contributed by atoms with van der Waals surface area (Å²) in [7, 11) is 0. The highest BCUT2D eigenvalue weighted by Crippen LogP contribution is 2.27. The van der Waals surface area contributed by atoms with Gasteiger partial charge in [0, 0.05) is 17.3 Å². The van der Waals surface area contributed by atoms with Crippen molar-refractivity contribution in [3.63, 3.8) is 0 Å². The number of nitrogens with two attached hydrogens (primary N) is 1. The molecule has 2 N–H and O–H groups in total. The van der Waals surface area contributed by atoms with Crippen molar-refractivity contribution in [3.8, 4) is 0 Å². The Labute approximate surface area is 136 Å². The molecule has 1 aromatic carbocycles. The van der Waals surface area contributed by atoms with Crippen LogP contribution in [0.4, 0.5) is 0 Å². The minimum Gasteiger partial charge on any atom is -0.457 e. The molecule has 0 saturated carbocycles. The first-order valence-corrected chi connectivity index (χ1v) is 8.74. The van der Waals surface area contributed by atoms with E-state index >= 15 is 0 Å². The minimum atomic E-state index is -0.731. The van der Waals surface area contributed by atoms with Gasteiger partial charge in [0.1, 0.15) is 22.6 Å². The lowest BCUT2D eigenvalue weighted by molar-refractivity contribution is -0.141. The molecule has 0 aliphatic carbocycles. The summed E-state index contributed by atoms with van der Waals surface area (Å²) in [6, 6.07) is 9.07. The first-order chi connectivity index (χ1) is 10.7. The predicted molar refractivity (Wildman–Crippen MR) is 85.7 cm³/mol. The van der Waals surface area contributed by atoms with Crippen LogP contribution in [0.25, 0.3) is 0 Å². The maximum absolute atomic E-state index is 11.7. The molecule has 5 nitrogen and oxygen atoms in total. The van der Waals surface area contributed by atoms with Crippen LogP contribution in [0.1, 0.15) is 5.56 Å². The van der Waals surface area contributed by atoms with Crippen molar-refractivity contribution in [2.75, 3.05) is 5.75 Å². The number of rotatable bonds is 6. The van der Waals surface area contributed by atoms with Crippen LogP contribution in [0.15, 0.2) is 46.2 Å². The smallest absolute Gasteiger partial charge is 0.326 e. The summed E-state index contributed by atoms with van der Waals surface area (Å²) in [5.41, 5.74) is 6.95. The second kappa shape index (κ2) is 7.23. The third-order valence-corrected chi connectivity index (χ3v) is 5.38. The number of ether oxygens (including phenoxy) is 2. The molecule has 2 heterocycles. The Hall–Kier alpha value is -1.41. The Morgan fingerprint density at radius 2 is 2.18 bits per heavy atom. The van der Waals surface area contributed by atoms with Crippen molar-refractivity contribution in [3.05, 3.63) is 47.5 Å². The van der Waals surface area contributed by atoms with Gasteiger partial charge in [-0.15, -0.1) is 11.3 Å². The van der Waals surface area contributed by atoms with Crippen LogP contribution in [0, 0.1) is 0 Å². The average molecular weight is 336 g/mol. The van der Waals surface area contributed by atoms with Gasteiger partial charge in [-0.3, -0.25) is 4.79 Å². The first kappa shape index (κ1) is 15.5. The molecule has 1 saturated heterocycles. The maximum atomic E-state index is 11.7. The molecule has 1 fully saturated rings. The van der Waals surface area contributed by atoms with Crippen LogP contribution in [0.2, 0.25) is 0 Å². The summed E-state index contributed by atoms with van der Waals surface area (Å²) in [5.74, 6) is 0.190. The SMILES string of the molecule is NC1C(=O)OC(CSc2nccs2)C1OCc1ccccc1. The summed E-state index contributed by atoms with van der Waals surface area (Å²) in [6.07, 6.45) is 0.975. The first-order valence-electron chi connectivity index (χ1n) is 6.88. The van der Waals surface area contributed by atoms with Crippen LogP contribution in [-0.2, 0) is 20.9 Å². The van der Waals surface area contributed by atoms with Crippen LogP contribution in [0.3, 0.4) is 0 Å².